The van der Waals surface area contributed by atoms with Gasteiger partial charge in [0.1, 0.15) is 6.54 Å². The van der Waals surface area contributed by atoms with Gasteiger partial charge in [0, 0.05) is 63.0 Å². The maximum Gasteiger partial charge on any atom is 0.317 e. The molecular weight excluding hydrogens is 668 g/mol. The van der Waals surface area contributed by atoms with Crippen LogP contribution in [0.25, 0.3) is 0 Å². The van der Waals surface area contributed by atoms with Gasteiger partial charge in [0.2, 0.25) is 11.8 Å². The van der Waals surface area contributed by atoms with Crippen LogP contribution in [0, 0.1) is 0 Å². The van der Waals surface area contributed by atoms with E-state index in [-0.39, 0.29) is 39.0 Å². The predicted molar refractivity (Wildman–Crippen MR) is 166 cm³/mol. The average molecular weight is 706 g/mol. The van der Waals surface area contributed by atoms with E-state index < -0.39 is 98.8 Å². The first-order valence-electron chi connectivity index (χ1n) is 15.0. The fraction of sp³-hybridized carbons (Fsp3) is 0.433. The third-order valence-electron chi connectivity index (χ3n) is 7.05. The number of hydrogen-bond acceptors (Lipinski definition) is 13. The lowest BCUT2D eigenvalue weighted by Gasteiger charge is -2.34. The van der Waals surface area contributed by atoms with Crippen molar-refractivity contribution in [3.8, 4) is 0 Å². The van der Waals surface area contributed by atoms with Crippen molar-refractivity contribution in [1.82, 2.24) is 24.9 Å². The van der Waals surface area contributed by atoms with E-state index in [0.29, 0.717) is 11.3 Å². The molecule has 0 aliphatic carbocycles. The zero-order valence-corrected chi connectivity index (χ0v) is 26.7. The van der Waals surface area contributed by atoms with E-state index in [1.807, 2.05) is 0 Å². The van der Waals surface area contributed by atoms with Gasteiger partial charge in [-0.05, 0) is 24.1 Å². The van der Waals surface area contributed by atoms with Gasteiger partial charge in [0.25, 0.3) is 11.8 Å². The SMILES string of the molecule is O=C([O-])CN(CCN(CC(=O)O)C[C@@H](Cc1ccc(NC(=O)CCNC(=O)CN2C(=O)C=CC2=O)cc1)N(CC(=O)O)CC(=O)O)CC(=O)O. The lowest BCUT2D eigenvalue weighted by molar-refractivity contribution is -0.306. The Kier molecular flexibility index (Phi) is 16.1. The molecule has 1 atom stereocenters. The number of rotatable bonds is 24. The summed E-state index contributed by atoms with van der Waals surface area (Å²) in [6.07, 6.45) is 1.93. The summed E-state index contributed by atoms with van der Waals surface area (Å²) in [5.41, 5.74) is 0.883. The first-order valence-corrected chi connectivity index (χ1v) is 15.0. The minimum absolute atomic E-state index is 0.00632. The topological polar surface area (TPSA) is 295 Å². The zero-order valence-electron chi connectivity index (χ0n) is 26.7. The first kappa shape index (κ1) is 40.4. The number of nitrogens with zero attached hydrogens (tertiary/aromatic N) is 4. The Morgan fingerprint density at radius 3 is 1.76 bits per heavy atom. The molecule has 0 aromatic heterocycles. The molecule has 0 radical (unpaired) electrons. The summed E-state index contributed by atoms with van der Waals surface area (Å²) >= 11 is 0. The number of hydrogen-bond donors (Lipinski definition) is 6. The molecule has 1 aromatic carbocycles. The molecule has 0 saturated heterocycles. The minimum Gasteiger partial charge on any atom is -0.549 e. The minimum atomic E-state index is -1.56. The lowest BCUT2D eigenvalue weighted by atomic mass is 10.0. The molecule has 1 aliphatic heterocycles. The summed E-state index contributed by atoms with van der Waals surface area (Å²) in [5, 5.41) is 53.7. The molecule has 0 spiro atoms. The Labute approximate surface area is 284 Å². The Balaban J connectivity index is 2.11. The summed E-state index contributed by atoms with van der Waals surface area (Å²) in [7, 11) is 0. The van der Waals surface area contributed by atoms with E-state index >= 15 is 0 Å². The van der Waals surface area contributed by atoms with Gasteiger partial charge in [0.15, 0.2) is 0 Å². The standard InChI is InChI=1S/C30H38N6O14/c37-22(7-8-31-23(38)13-36-24(39)5-6-25(36)40)32-20-3-1-19(2-4-20)11-21(35(17-29(47)48)18-30(49)50)12-33(14-26(41)42)9-10-34(15-27(43)44)16-28(45)46/h1-6,21H,7-18H2,(H,31,38)(H,32,37)(H,41,42)(H,43,44)(H,45,46)(H,47,48)(H,49,50)/p-1/t21-/m1/s1. The van der Waals surface area contributed by atoms with Crippen molar-refractivity contribution in [2.24, 2.45) is 0 Å². The second kappa shape index (κ2) is 19.9. The summed E-state index contributed by atoms with van der Waals surface area (Å²) in [5.74, 6) is -9.28. The van der Waals surface area contributed by atoms with Crippen LogP contribution < -0.4 is 15.7 Å². The maximum absolute atomic E-state index is 12.4. The highest BCUT2D eigenvalue weighted by molar-refractivity contribution is 6.14. The number of carboxylic acid groups (broad SMARTS) is 5. The van der Waals surface area contributed by atoms with Crippen molar-refractivity contribution in [1.29, 1.82) is 0 Å². The second-order valence-corrected chi connectivity index (χ2v) is 11.1. The van der Waals surface area contributed by atoms with Crippen molar-refractivity contribution in [2.75, 3.05) is 70.8 Å². The Bertz CT molecular complexity index is 1430. The predicted octanol–water partition coefficient (Wildman–Crippen LogP) is -4.04. The van der Waals surface area contributed by atoms with Crippen molar-refractivity contribution in [2.45, 2.75) is 18.9 Å². The number of imide groups is 1. The monoisotopic (exact) mass is 705 g/mol. The third-order valence-corrected chi connectivity index (χ3v) is 7.05. The molecule has 20 nitrogen and oxygen atoms in total. The van der Waals surface area contributed by atoms with Crippen molar-refractivity contribution in [3.05, 3.63) is 42.0 Å². The molecule has 0 bridgehead atoms. The van der Waals surface area contributed by atoms with Gasteiger partial charge in [0.05, 0.1) is 32.1 Å². The van der Waals surface area contributed by atoms with Crippen molar-refractivity contribution >= 4 is 59.2 Å². The van der Waals surface area contributed by atoms with Crippen LogP contribution in [0.15, 0.2) is 36.4 Å². The Morgan fingerprint density at radius 1 is 0.720 bits per heavy atom. The van der Waals surface area contributed by atoms with E-state index in [4.69, 9.17) is 5.11 Å². The molecule has 1 aliphatic rings. The van der Waals surface area contributed by atoms with Crippen LogP contribution in [0.2, 0.25) is 0 Å². The van der Waals surface area contributed by atoms with Crippen LogP contribution in [0.4, 0.5) is 5.69 Å². The number of amides is 4. The Morgan fingerprint density at radius 2 is 1.24 bits per heavy atom. The molecule has 0 unspecified atom stereocenters. The summed E-state index contributed by atoms with van der Waals surface area (Å²) < 4.78 is 0. The van der Waals surface area contributed by atoms with Crippen LogP contribution in [0.3, 0.4) is 0 Å². The lowest BCUT2D eigenvalue weighted by Crippen LogP contribution is -2.51. The molecule has 6 N–H and O–H groups in total. The van der Waals surface area contributed by atoms with Crippen molar-refractivity contribution in [3.63, 3.8) is 0 Å². The number of carboxylic acids is 5. The molecule has 50 heavy (non-hydrogen) atoms. The number of carbonyl (C=O) groups excluding carboxylic acids is 5. The van der Waals surface area contributed by atoms with E-state index in [9.17, 15) is 63.6 Å². The molecule has 1 heterocycles. The van der Waals surface area contributed by atoms with E-state index in [2.05, 4.69) is 10.6 Å². The highest BCUT2D eigenvalue weighted by Crippen LogP contribution is 2.16. The van der Waals surface area contributed by atoms with E-state index in [1.165, 1.54) is 17.0 Å². The first-order chi connectivity index (χ1) is 23.5. The van der Waals surface area contributed by atoms with Gasteiger partial charge >= 0.3 is 23.9 Å². The molecule has 20 heteroatoms. The molecular formula is C30H37N6O14-. The molecule has 0 saturated carbocycles. The van der Waals surface area contributed by atoms with Crippen LogP contribution in [0.1, 0.15) is 12.0 Å². The van der Waals surface area contributed by atoms with Gasteiger partial charge in [-0.25, -0.2) is 0 Å². The number of carbonyl (C=O) groups is 9. The summed E-state index contributed by atoms with van der Waals surface area (Å²) in [4.78, 5) is 109. The smallest absolute Gasteiger partial charge is 0.317 e. The summed E-state index contributed by atoms with van der Waals surface area (Å²) in [6.45, 7) is -4.68. The largest absolute Gasteiger partial charge is 0.549 e. The Hall–Kier alpha value is -5.73. The number of anilines is 1. The van der Waals surface area contributed by atoms with Crippen LogP contribution in [-0.4, -0.2) is 165 Å². The van der Waals surface area contributed by atoms with Gasteiger partial charge < -0.3 is 41.0 Å². The van der Waals surface area contributed by atoms with Crippen LogP contribution in [-0.2, 0) is 49.6 Å². The van der Waals surface area contributed by atoms with Crippen molar-refractivity contribution < 1.29 is 68.7 Å². The maximum atomic E-state index is 12.4. The fourth-order valence-electron chi connectivity index (χ4n) is 4.89. The molecule has 4 amide bonds. The quantitative estimate of drug-likeness (QED) is 0.0558. The van der Waals surface area contributed by atoms with Gasteiger partial charge in [-0.15, -0.1) is 0 Å². The molecule has 272 valence electrons. The van der Waals surface area contributed by atoms with Gasteiger partial charge in [-0.3, -0.25) is 58.0 Å². The third kappa shape index (κ3) is 15.4. The second-order valence-electron chi connectivity index (χ2n) is 11.1. The highest BCUT2D eigenvalue weighted by Gasteiger charge is 2.28. The molecule has 1 aromatic rings. The zero-order chi connectivity index (χ0) is 37.4. The average Bonchev–Trinajstić information content (AvgIpc) is 3.30. The summed E-state index contributed by atoms with van der Waals surface area (Å²) in [6, 6.07) is 5.24. The normalized spacial score (nSPS) is 13.1. The van der Waals surface area contributed by atoms with Gasteiger partial charge in [-0.2, -0.15) is 0 Å². The van der Waals surface area contributed by atoms with Crippen LogP contribution >= 0.6 is 0 Å². The molecule has 0 fully saturated rings. The van der Waals surface area contributed by atoms with E-state index in [1.54, 1.807) is 12.1 Å². The molecule has 2 rings (SSSR count). The van der Waals surface area contributed by atoms with Crippen LogP contribution in [0.5, 0.6) is 0 Å². The number of benzene rings is 1. The van der Waals surface area contributed by atoms with Gasteiger partial charge in [-0.1, -0.05) is 12.1 Å². The fourth-order valence-corrected chi connectivity index (χ4v) is 4.89. The van der Waals surface area contributed by atoms with E-state index in [0.717, 1.165) is 26.9 Å². The number of aliphatic carboxylic acids is 5. The number of nitrogens with one attached hydrogen (secondary N) is 2. The highest BCUT2D eigenvalue weighted by atomic mass is 16.4.